The van der Waals surface area contributed by atoms with E-state index in [4.69, 9.17) is 5.11 Å². The zero-order chi connectivity index (χ0) is 13.7. The molecule has 0 atom stereocenters. The summed E-state index contributed by atoms with van der Waals surface area (Å²) in [5.41, 5.74) is 0.168. The molecule has 0 aromatic heterocycles. The number of hydrogen-bond donors (Lipinski definition) is 1. The van der Waals surface area contributed by atoms with Gasteiger partial charge in [-0.15, -0.1) is 11.8 Å². The lowest BCUT2D eigenvalue weighted by Gasteiger charge is -2.10. The highest BCUT2D eigenvalue weighted by molar-refractivity contribution is 7.99. The predicted molar refractivity (Wildman–Crippen MR) is 68.9 cm³/mol. The molecule has 0 spiro atoms. The summed E-state index contributed by atoms with van der Waals surface area (Å²) >= 11 is 1.19. The van der Waals surface area contributed by atoms with E-state index < -0.39 is 4.92 Å². The highest BCUT2D eigenvalue weighted by Crippen LogP contribution is 2.30. The number of carbonyl (C=O) groups excluding carboxylic acids is 1. The molecular formula is C11H14N2O4S. The van der Waals surface area contributed by atoms with Gasteiger partial charge in [0.1, 0.15) is 0 Å². The Balaban J connectivity index is 3.11. The lowest BCUT2D eigenvalue weighted by molar-refractivity contribution is -0.387. The number of hydrogen-bond acceptors (Lipinski definition) is 5. The number of carbonyl (C=O) groups is 1. The van der Waals surface area contributed by atoms with Gasteiger partial charge in [0.25, 0.3) is 11.6 Å². The first-order chi connectivity index (χ1) is 8.47. The maximum absolute atomic E-state index is 11.7. The van der Waals surface area contributed by atoms with Crippen molar-refractivity contribution in [3.8, 4) is 0 Å². The first-order valence-electron chi connectivity index (χ1n) is 5.21. The fourth-order valence-electron chi connectivity index (χ4n) is 1.33. The van der Waals surface area contributed by atoms with Gasteiger partial charge in [-0.2, -0.15) is 0 Å². The van der Waals surface area contributed by atoms with Gasteiger partial charge in [0.2, 0.25) is 0 Å². The van der Waals surface area contributed by atoms with Crippen LogP contribution < -0.4 is 0 Å². The van der Waals surface area contributed by atoms with Crippen LogP contribution in [0.4, 0.5) is 5.69 Å². The quantitative estimate of drug-likeness (QED) is 0.496. The van der Waals surface area contributed by atoms with E-state index in [1.165, 1.54) is 28.8 Å². The van der Waals surface area contributed by atoms with Crippen molar-refractivity contribution >= 4 is 23.4 Å². The SMILES string of the molecule is CN(C)C(=O)c1ccc(SCCO)c([N+](=O)[O-])c1. The maximum atomic E-state index is 11.7. The normalized spacial score (nSPS) is 10.2. The van der Waals surface area contributed by atoms with Gasteiger partial charge in [0.15, 0.2) is 0 Å². The van der Waals surface area contributed by atoms with E-state index in [0.717, 1.165) is 0 Å². The fourth-order valence-corrected chi connectivity index (χ4v) is 2.09. The Labute approximate surface area is 109 Å². The van der Waals surface area contributed by atoms with E-state index in [0.29, 0.717) is 10.6 Å². The number of aliphatic hydroxyl groups is 1. The van der Waals surface area contributed by atoms with Gasteiger partial charge in [-0.1, -0.05) is 0 Å². The largest absolute Gasteiger partial charge is 0.396 e. The Hall–Kier alpha value is -1.60. The Morgan fingerprint density at radius 1 is 1.50 bits per heavy atom. The van der Waals surface area contributed by atoms with Crippen LogP contribution >= 0.6 is 11.8 Å². The van der Waals surface area contributed by atoms with Gasteiger partial charge < -0.3 is 10.0 Å². The zero-order valence-electron chi connectivity index (χ0n) is 10.1. The Morgan fingerprint density at radius 3 is 2.67 bits per heavy atom. The number of amides is 1. The van der Waals surface area contributed by atoms with Gasteiger partial charge in [-0.3, -0.25) is 14.9 Å². The molecule has 1 rings (SSSR count). The molecule has 0 aliphatic heterocycles. The topological polar surface area (TPSA) is 83.7 Å². The first-order valence-corrected chi connectivity index (χ1v) is 6.19. The number of thioether (sulfide) groups is 1. The Bertz CT molecular complexity index is 462. The minimum absolute atomic E-state index is 0.0554. The van der Waals surface area contributed by atoms with Crippen LogP contribution in [0.2, 0.25) is 0 Å². The summed E-state index contributed by atoms with van der Waals surface area (Å²) in [7, 11) is 3.17. The molecule has 0 heterocycles. The van der Waals surface area contributed by atoms with Gasteiger partial charge >= 0.3 is 0 Å². The summed E-state index contributed by atoms with van der Waals surface area (Å²) in [5.74, 6) is 0.0961. The molecule has 6 nitrogen and oxygen atoms in total. The third-order valence-corrected chi connectivity index (χ3v) is 3.20. The molecule has 0 unspecified atom stereocenters. The molecule has 0 saturated heterocycles. The van der Waals surface area contributed by atoms with Gasteiger partial charge in [-0.25, -0.2) is 0 Å². The summed E-state index contributed by atoms with van der Waals surface area (Å²) in [4.78, 5) is 23.9. The average molecular weight is 270 g/mol. The molecule has 0 saturated carbocycles. The summed E-state index contributed by atoms with van der Waals surface area (Å²) in [6.07, 6.45) is 0. The Morgan fingerprint density at radius 2 is 2.17 bits per heavy atom. The van der Waals surface area contributed by atoms with Crippen molar-refractivity contribution in [1.29, 1.82) is 0 Å². The lowest BCUT2D eigenvalue weighted by Crippen LogP contribution is -2.21. The highest BCUT2D eigenvalue weighted by atomic mass is 32.2. The molecule has 0 bridgehead atoms. The number of nitrogens with zero attached hydrogens (tertiary/aromatic N) is 2. The molecular weight excluding hydrogens is 256 g/mol. The molecule has 1 N–H and O–H groups in total. The summed E-state index contributed by atoms with van der Waals surface area (Å²) in [6.45, 7) is -0.0554. The van der Waals surface area contributed by atoms with Crippen LogP contribution in [-0.4, -0.2) is 47.3 Å². The van der Waals surface area contributed by atoms with Crippen LogP contribution in [0.15, 0.2) is 23.1 Å². The summed E-state index contributed by atoms with van der Waals surface area (Å²) < 4.78 is 0. The molecule has 98 valence electrons. The van der Waals surface area contributed by atoms with E-state index >= 15 is 0 Å². The molecule has 0 radical (unpaired) electrons. The third kappa shape index (κ3) is 3.44. The highest BCUT2D eigenvalue weighted by Gasteiger charge is 2.18. The van der Waals surface area contributed by atoms with E-state index in [2.05, 4.69) is 0 Å². The van der Waals surface area contributed by atoms with Crippen LogP contribution in [0.3, 0.4) is 0 Å². The van der Waals surface area contributed by atoms with Crippen LogP contribution in [0.1, 0.15) is 10.4 Å². The van der Waals surface area contributed by atoms with Crippen LogP contribution in [0.5, 0.6) is 0 Å². The summed E-state index contributed by atoms with van der Waals surface area (Å²) in [5, 5.41) is 19.7. The monoisotopic (exact) mass is 270 g/mol. The van der Waals surface area contributed by atoms with Crippen molar-refractivity contribution in [2.75, 3.05) is 26.5 Å². The predicted octanol–water partition coefficient (Wildman–Crippen LogP) is 1.38. The second-order valence-corrected chi connectivity index (χ2v) is 4.85. The number of benzene rings is 1. The fraction of sp³-hybridized carbons (Fsp3) is 0.364. The van der Waals surface area contributed by atoms with E-state index in [1.54, 1.807) is 20.2 Å². The second kappa shape index (κ2) is 6.36. The second-order valence-electron chi connectivity index (χ2n) is 3.71. The van der Waals surface area contributed by atoms with Gasteiger partial charge in [-0.05, 0) is 12.1 Å². The smallest absolute Gasteiger partial charge is 0.283 e. The van der Waals surface area contributed by atoms with E-state index in [-0.39, 0.29) is 23.8 Å². The first kappa shape index (κ1) is 14.5. The minimum atomic E-state index is -0.522. The molecule has 0 fully saturated rings. The van der Waals surface area contributed by atoms with Crippen molar-refractivity contribution < 1.29 is 14.8 Å². The molecule has 0 aliphatic carbocycles. The molecule has 1 aromatic rings. The van der Waals surface area contributed by atoms with Crippen molar-refractivity contribution in [3.63, 3.8) is 0 Å². The molecule has 18 heavy (non-hydrogen) atoms. The molecule has 1 aromatic carbocycles. The molecule has 0 aliphatic rings. The maximum Gasteiger partial charge on any atom is 0.283 e. The van der Waals surface area contributed by atoms with Crippen molar-refractivity contribution in [1.82, 2.24) is 4.90 Å². The standard InChI is InChI=1S/C11H14N2O4S/c1-12(2)11(15)8-3-4-10(18-6-5-14)9(7-8)13(16)17/h3-4,7,14H,5-6H2,1-2H3. The Kier molecular flexibility index (Phi) is 5.11. The van der Waals surface area contributed by atoms with Crippen molar-refractivity contribution in [2.24, 2.45) is 0 Å². The van der Waals surface area contributed by atoms with Crippen LogP contribution in [-0.2, 0) is 0 Å². The molecule has 1 amide bonds. The number of aliphatic hydroxyl groups excluding tert-OH is 1. The number of nitro groups is 1. The van der Waals surface area contributed by atoms with Crippen molar-refractivity contribution in [3.05, 3.63) is 33.9 Å². The van der Waals surface area contributed by atoms with Crippen LogP contribution in [0.25, 0.3) is 0 Å². The van der Waals surface area contributed by atoms with E-state index in [9.17, 15) is 14.9 Å². The van der Waals surface area contributed by atoms with Gasteiger partial charge in [0.05, 0.1) is 16.4 Å². The number of rotatable bonds is 5. The van der Waals surface area contributed by atoms with E-state index in [1.807, 2.05) is 0 Å². The van der Waals surface area contributed by atoms with Crippen molar-refractivity contribution in [2.45, 2.75) is 4.90 Å². The third-order valence-electron chi connectivity index (χ3n) is 2.16. The minimum Gasteiger partial charge on any atom is -0.396 e. The van der Waals surface area contributed by atoms with Crippen LogP contribution in [0, 0.1) is 10.1 Å². The average Bonchev–Trinajstić information content (AvgIpc) is 2.34. The molecule has 7 heteroatoms. The summed E-state index contributed by atoms with van der Waals surface area (Å²) in [6, 6.07) is 4.35. The zero-order valence-corrected chi connectivity index (χ0v) is 10.9. The van der Waals surface area contributed by atoms with Gasteiger partial charge in [0, 0.05) is 31.5 Å². The lowest BCUT2D eigenvalue weighted by atomic mass is 10.2. The number of nitro benzene ring substituents is 1.